The molecule has 0 aromatic rings. The maximum Gasteiger partial charge on any atom is 0.309 e. The molecule has 0 aliphatic heterocycles. The maximum absolute atomic E-state index is 13.3. The molecule has 1 fully saturated rings. The quantitative estimate of drug-likeness (QED) is 0.0403. The normalized spacial score (nSPS) is 18.0. The molecule has 3 nitrogen and oxygen atoms in total. The zero-order valence-corrected chi connectivity index (χ0v) is 33.1. The molecule has 3 heteroatoms. The van der Waals surface area contributed by atoms with Gasteiger partial charge in [-0.2, -0.15) is 0 Å². The van der Waals surface area contributed by atoms with E-state index in [-0.39, 0.29) is 18.0 Å². The van der Waals surface area contributed by atoms with Crippen molar-refractivity contribution < 1.29 is 9.53 Å². The number of unbranched alkanes of at least 4 members (excludes halogenated alkanes) is 15. The first-order valence-electron chi connectivity index (χ1n) is 21.2. The Hall–Kier alpha value is -1.87. The summed E-state index contributed by atoms with van der Waals surface area (Å²) in [5.41, 5.74) is 0. The Bertz CT molecular complexity index is 882. The minimum atomic E-state index is 0.0903. The number of nitrogens with zero attached hydrogens (tertiary/aromatic N) is 1. The molecule has 1 aliphatic rings. The summed E-state index contributed by atoms with van der Waals surface area (Å²) < 4.78 is 6.28. The van der Waals surface area contributed by atoms with E-state index < -0.39 is 0 Å². The molecule has 282 valence electrons. The van der Waals surface area contributed by atoms with E-state index in [0.29, 0.717) is 6.04 Å². The first kappa shape index (κ1) is 45.2. The van der Waals surface area contributed by atoms with Gasteiger partial charge >= 0.3 is 5.97 Å². The second-order valence-corrected chi connectivity index (χ2v) is 14.9. The summed E-state index contributed by atoms with van der Waals surface area (Å²) in [5, 5.41) is 0. The van der Waals surface area contributed by atoms with E-state index in [9.17, 15) is 4.79 Å². The zero-order valence-electron chi connectivity index (χ0n) is 33.1. The number of allylic oxidation sites excluding steroid dienone is 10. The van der Waals surface area contributed by atoms with Crippen molar-refractivity contribution in [1.29, 1.82) is 0 Å². The molecule has 0 saturated heterocycles. The predicted molar refractivity (Wildman–Crippen MR) is 217 cm³/mol. The van der Waals surface area contributed by atoms with E-state index in [4.69, 9.17) is 4.74 Å². The van der Waals surface area contributed by atoms with Gasteiger partial charge in [0.05, 0.1) is 5.92 Å². The van der Waals surface area contributed by atoms with Gasteiger partial charge in [0, 0.05) is 6.04 Å². The van der Waals surface area contributed by atoms with Gasteiger partial charge in [0.15, 0.2) is 0 Å². The molecule has 1 saturated carbocycles. The highest BCUT2D eigenvalue weighted by atomic mass is 16.5. The highest BCUT2D eigenvalue weighted by molar-refractivity contribution is 5.72. The number of rotatable bonds is 32. The molecule has 1 rings (SSSR count). The molecule has 2 unspecified atom stereocenters. The summed E-state index contributed by atoms with van der Waals surface area (Å²) in [4.78, 5) is 15.6. The van der Waals surface area contributed by atoms with Crippen molar-refractivity contribution in [3.63, 3.8) is 0 Å². The van der Waals surface area contributed by atoms with Crippen molar-refractivity contribution in [2.24, 2.45) is 5.92 Å². The summed E-state index contributed by atoms with van der Waals surface area (Å²) in [7, 11) is 4.30. The van der Waals surface area contributed by atoms with Crippen molar-refractivity contribution in [3.8, 4) is 0 Å². The third kappa shape index (κ3) is 28.5. The molecule has 1 aliphatic carbocycles. The molecule has 0 radical (unpaired) electrons. The largest absolute Gasteiger partial charge is 0.462 e. The number of carbonyl (C=O) groups is 1. The topological polar surface area (TPSA) is 29.5 Å². The van der Waals surface area contributed by atoms with Crippen LogP contribution in [0.5, 0.6) is 0 Å². The fourth-order valence-corrected chi connectivity index (χ4v) is 6.90. The third-order valence-electron chi connectivity index (χ3n) is 10.1. The van der Waals surface area contributed by atoms with Crippen molar-refractivity contribution >= 4 is 5.97 Å². The summed E-state index contributed by atoms with van der Waals surface area (Å²) in [6, 6.07) is 0.516. The number of ether oxygens (including phenoxy) is 1. The van der Waals surface area contributed by atoms with Crippen molar-refractivity contribution in [1.82, 2.24) is 4.90 Å². The van der Waals surface area contributed by atoms with Crippen LogP contribution in [0.2, 0.25) is 0 Å². The molecule has 49 heavy (non-hydrogen) atoms. The van der Waals surface area contributed by atoms with Crippen LogP contribution in [0.1, 0.15) is 194 Å². The molecule has 0 amide bonds. The van der Waals surface area contributed by atoms with E-state index in [1.165, 1.54) is 122 Å². The van der Waals surface area contributed by atoms with Crippen LogP contribution in [0.4, 0.5) is 0 Å². The zero-order chi connectivity index (χ0) is 35.5. The van der Waals surface area contributed by atoms with E-state index in [1.54, 1.807) is 0 Å². The molecule has 0 heterocycles. The first-order chi connectivity index (χ1) is 24.1. The van der Waals surface area contributed by atoms with Crippen LogP contribution in [-0.2, 0) is 9.53 Å². The van der Waals surface area contributed by atoms with Gasteiger partial charge in [-0.3, -0.25) is 4.79 Å². The lowest BCUT2D eigenvalue weighted by Gasteiger charge is -2.33. The summed E-state index contributed by atoms with van der Waals surface area (Å²) in [6.45, 7) is 4.44. The summed E-state index contributed by atoms with van der Waals surface area (Å²) in [6.07, 6.45) is 56.9. The second-order valence-electron chi connectivity index (χ2n) is 14.9. The molecular formula is C46H81NO2. The van der Waals surface area contributed by atoms with E-state index in [2.05, 4.69) is 93.6 Å². The second kappa shape index (κ2) is 34.6. The molecule has 0 bridgehead atoms. The lowest BCUT2D eigenvalue weighted by molar-refractivity contribution is -0.156. The van der Waals surface area contributed by atoms with Gasteiger partial charge < -0.3 is 9.64 Å². The number of hydrogen-bond donors (Lipinski definition) is 0. The van der Waals surface area contributed by atoms with E-state index in [1.807, 2.05) is 0 Å². The molecule has 0 N–H and O–H groups in total. The van der Waals surface area contributed by atoms with Gasteiger partial charge in [-0.05, 0) is 123 Å². The van der Waals surface area contributed by atoms with Gasteiger partial charge in [0.2, 0.25) is 0 Å². The van der Waals surface area contributed by atoms with Crippen LogP contribution in [0.25, 0.3) is 0 Å². The smallest absolute Gasteiger partial charge is 0.309 e. The van der Waals surface area contributed by atoms with E-state index >= 15 is 0 Å². The van der Waals surface area contributed by atoms with Gasteiger partial charge in [-0.15, -0.1) is 0 Å². The minimum Gasteiger partial charge on any atom is -0.462 e. The Labute approximate surface area is 306 Å². The first-order valence-corrected chi connectivity index (χ1v) is 21.2. The monoisotopic (exact) mass is 680 g/mol. The molecule has 0 aromatic carbocycles. The van der Waals surface area contributed by atoms with E-state index in [0.717, 1.165) is 57.8 Å². The predicted octanol–water partition coefficient (Wildman–Crippen LogP) is 14.2. The van der Waals surface area contributed by atoms with Crippen LogP contribution in [0.3, 0.4) is 0 Å². The van der Waals surface area contributed by atoms with Crippen LogP contribution in [-0.4, -0.2) is 37.1 Å². The standard InChI is InChI=1S/C46H81NO2/c1-5-7-9-11-13-15-17-19-21-23-25-27-29-31-33-35-40-45(49-46(48)43-38-37-39-44(42-43)47(3)4)41-36-34-32-30-28-26-24-22-20-18-16-14-12-10-8-6-2/h7,9,13-16,19-22,43-45H,5-6,8,10-12,17-18,23-42H2,1-4H3/b9-7-,15-13-,16-14-,21-19-,22-20-/t43?,44?,45-/m0/s1. The van der Waals surface area contributed by atoms with Gasteiger partial charge in [-0.25, -0.2) is 0 Å². The van der Waals surface area contributed by atoms with Crippen molar-refractivity contribution in [3.05, 3.63) is 60.8 Å². The molecule has 0 aromatic heterocycles. The minimum absolute atomic E-state index is 0.0903. The van der Waals surface area contributed by atoms with Crippen LogP contribution >= 0.6 is 0 Å². The van der Waals surface area contributed by atoms with Crippen LogP contribution in [0.15, 0.2) is 60.8 Å². The Kier molecular flexibility index (Phi) is 31.9. The fourth-order valence-electron chi connectivity index (χ4n) is 6.90. The molecule has 3 atom stereocenters. The highest BCUT2D eigenvalue weighted by Crippen LogP contribution is 2.29. The van der Waals surface area contributed by atoms with Crippen molar-refractivity contribution in [2.75, 3.05) is 14.1 Å². The van der Waals surface area contributed by atoms with Crippen molar-refractivity contribution in [2.45, 2.75) is 206 Å². The average Bonchev–Trinajstić information content (AvgIpc) is 3.11. The number of hydrogen-bond acceptors (Lipinski definition) is 3. The number of carbonyl (C=O) groups excluding carboxylic acids is 1. The van der Waals surface area contributed by atoms with Gasteiger partial charge in [0.25, 0.3) is 0 Å². The Morgan fingerprint density at radius 1 is 0.592 bits per heavy atom. The summed E-state index contributed by atoms with van der Waals surface area (Å²) >= 11 is 0. The van der Waals surface area contributed by atoms with Gasteiger partial charge in [-0.1, -0.05) is 145 Å². The molecular weight excluding hydrogens is 599 g/mol. The highest BCUT2D eigenvalue weighted by Gasteiger charge is 2.30. The Balaban J connectivity index is 2.26. The number of esters is 1. The lowest BCUT2D eigenvalue weighted by atomic mass is 9.85. The summed E-state index contributed by atoms with van der Waals surface area (Å²) in [5.74, 6) is 0.181. The van der Waals surface area contributed by atoms with Crippen LogP contribution < -0.4 is 0 Å². The Morgan fingerprint density at radius 2 is 1.04 bits per heavy atom. The fraction of sp³-hybridized carbons (Fsp3) is 0.761. The average molecular weight is 680 g/mol. The third-order valence-corrected chi connectivity index (χ3v) is 10.1. The Morgan fingerprint density at radius 3 is 1.53 bits per heavy atom. The maximum atomic E-state index is 13.3. The van der Waals surface area contributed by atoms with Gasteiger partial charge in [0.1, 0.15) is 6.10 Å². The van der Waals surface area contributed by atoms with Crippen LogP contribution in [0, 0.1) is 5.92 Å². The SMILES string of the molecule is CC/C=C\C/C=C\C/C=C\CCCCCCCC[C@@H](CCCCCCCC/C=C\C/C=C\CCCCC)OC(=O)C1CCCC(N(C)C)C1. The lowest BCUT2D eigenvalue weighted by Crippen LogP contribution is -2.37. The molecule has 0 spiro atoms.